The first-order valence-corrected chi connectivity index (χ1v) is 12.1. The van der Waals surface area contributed by atoms with E-state index in [0.717, 1.165) is 11.3 Å². The van der Waals surface area contributed by atoms with Gasteiger partial charge in [-0.15, -0.1) is 0 Å². The van der Waals surface area contributed by atoms with Crippen LogP contribution in [0.5, 0.6) is 0 Å². The number of anilines is 1. The lowest BCUT2D eigenvalue weighted by Crippen LogP contribution is -2.33. The Hall–Kier alpha value is -4.60. The fraction of sp³-hybridized carbons (Fsp3) is 0.259. The molecule has 1 aromatic carbocycles. The average molecular weight is 498 g/mol. The van der Waals surface area contributed by atoms with Crippen LogP contribution >= 0.6 is 0 Å². The third kappa shape index (κ3) is 4.65. The van der Waals surface area contributed by atoms with Crippen molar-refractivity contribution in [3.63, 3.8) is 0 Å². The third-order valence-corrected chi connectivity index (χ3v) is 6.03. The summed E-state index contributed by atoms with van der Waals surface area (Å²) in [5.74, 6) is 0.258. The van der Waals surface area contributed by atoms with E-state index in [1.54, 1.807) is 24.4 Å². The van der Waals surface area contributed by atoms with E-state index in [-0.39, 0.29) is 28.4 Å². The molecule has 0 aliphatic rings. The van der Waals surface area contributed by atoms with E-state index in [0.29, 0.717) is 23.7 Å². The molecule has 0 atom stereocenters. The highest BCUT2D eigenvalue weighted by Crippen LogP contribution is 2.24. The van der Waals surface area contributed by atoms with Crippen LogP contribution in [-0.2, 0) is 6.54 Å². The smallest absolute Gasteiger partial charge is 0.322 e. The molecule has 0 saturated heterocycles. The van der Waals surface area contributed by atoms with Crippen LogP contribution in [0.1, 0.15) is 49.7 Å². The van der Waals surface area contributed by atoms with Crippen molar-refractivity contribution in [3.8, 4) is 11.3 Å². The summed E-state index contributed by atoms with van der Waals surface area (Å²) in [7, 11) is 0. The molecule has 0 bridgehead atoms. The summed E-state index contributed by atoms with van der Waals surface area (Å²) in [4.78, 5) is 54.6. The van der Waals surface area contributed by atoms with Crippen LogP contribution in [0, 0.1) is 5.92 Å². The van der Waals surface area contributed by atoms with Crippen molar-refractivity contribution in [3.05, 3.63) is 87.1 Å². The van der Waals surface area contributed by atoms with Gasteiger partial charge in [-0.25, -0.2) is 19.7 Å². The summed E-state index contributed by atoms with van der Waals surface area (Å²) in [6, 6.07) is 10.7. The van der Waals surface area contributed by atoms with Crippen molar-refractivity contribution in [2.24, 2.45) is 5.92 Å². The van der Waals surface area contributed by atoms with E-state index in [2.05, 4.69) is 25.3 Å². The zero-order valence-electron chi connectivity index (χ0n) is 21.0. The van der Waals surface area contributed by atoms with Crippen molar-refractivity contribution in [2.45, 2.75) is 40.2 Å². The SMILES string of the molecule is CC(C)Cn1c(=O)[nH]c(=O)c2c(C(=O)Nc3ccc(-c4cn5cccnc5n4)cc3)cc(C(C)C)nc21. The van der Waals surface area contributed by atoms with Crippen LogP contribution in [0.25, 0.3) is 28.1 Å². The number of carbonyl (C=O) groups is 1. The minimum absolute atomic E-state index is 0.0166. The van der Waals surface area contributed by atoms with E-state index in [1.807, 2.05) is 62.7 Å². The molecule has 2 N–H and O–H groups in total. The van der Waals surface area contributed by atoms with Gasteiger partial charge in [-0.2, -0.15) is 0 Å². The number of nitrogens with one attached hydrogen (secondary N) is 2. The summed E-state index contributed by atoms with van der Waals surface area (Å²) >= 11 is 0. The normalized spacial score (nSPS) is 11.6. The molecule has 1 amide bonds. The molecule has 10 heteroatoms. The molecule has 4 heterocycles. The number of imidazole rings is 1. The quantitative estimate of drug-likeness (QED) is 0.367. The van der Waals surface area contributed by atoms with E-state index in [4.69, 9.17) is 0 Å². The molecule has 10 nitrogen and oxygen atoms in total. The molecule has 0 fully saturated rings. The number of amides is 1. The Bertz CT molecular complexity index is 1710. The zero-order valence-corrected chi connectivity index (χ0v) is 21.0. The molecule has 188 valence electrons. The lowest BCUT2D eigenvalue weighted by molar-refractivity contribution is 0.102. The first-order chi connectivity index (χ1) is 17.7. The highest BCUT2D eigenvalue weighted by atomic mass is 16.2. The second-order valence-corrected chi connectivity index (χ2v) is 9.70. The van der Waals surface area contributed by atoms with Gasteiger partial charge in [0.2, 0.25) is 5.78 Å². The number of rotatable bonds is 6. The van der Waals surface area contributed by atoms with E-state index < -0.39 is 17.2 Å². The number of hydrogen-bond acceptors (Lipinski definition) is 6. The van der Waals surface area contributed by atoms with Crippen LogP contribution in [-0.4, -0.2) is 34.8 Å². The second kappa shape index (κ2) is 9.45. The number of pyridine rings is 1. The van der Waals surface area contributed by atoms with Gasteiger partial charge >= 0.3 is 5.69 Å². The van der Waals surface area contributed by atoms with Crippen molar-refractivity contribution < 1.29 is 4.79 Å². The Morgan fingerprint density at radius 1 is 1.08 bits per heavy atom. The molecular weight excluding hydrogens is 470 g/mol. The monoisotopic (exact) mass is 497 g/mol. The fourth-order valence-corrected chi connectivity index (χ4v) is 4.19. The maximum Gasteiger partial charge on any atom is 0.330 e. The van der Waals surface area contributed by atoms with Gasteiger partial charge in [0.1, 0.15) is 0 Å². The van der Waals surface area contributed by atoms with Crippen LogP contribution in [0.2, 0.25) is 0 Å². The Morgan fingerprint density at radius 2 is 1.84 bits per heavy atom. The van der Waals surface area contributed by atoms with Gasteiger partial charge in [0, 0.05) is 42.1 Å². The largest absolute Gasteiger partial charge is 0.330 e. The number of hydrogen-bond donors (Lipinski definition) is 2. The molecule has 0 radical (unpaired) electrons. The van der Waals surface area contributed by atoms with Crippen LogP contribution in [0.4, 0.5) is 5.69 Å². The Labute approximate surface area is 212 Å². The average Bonchev–Trinajstić information content (AvgIpc) is 3.30. The Kier molecular flexibility index (Phi) is 6.16. The molecule has 0 unspecified atom stereocenters. The molecular formula is C27H27N7O3. The molecule has 5 aromatic rings. The number of H-pyrrole nitrogens is 1. The van der Waals surface area contributed by atoms with Crippen molar-refractivity contribution in [1.29, 1.82) is 0 Å². The molecule has 4 aromatic heterocycles. The number of carbonyl (C=O) groups excluding carboxylic acids is 1. The van der Waals surface area contributed by atoms with Crippen molar-refractivity contribution in [2.75, 3.05) is 5.32 Å². The van der Waals surface area contributed by atoms with Gasteiger partial charge in [0.25, 0.3) is 11.5 Å². The van der Waals surface area contributed by atoms with Crippen LogP contribution < -0.4 is 16.6 Å². The fourth-order valence-electron chi connectivity index (χ4n) is 4.19. The van der Waals surface area contributed by atoms with E-state index >= 15 is 0 Å². The van der Waals surface area contributed by atoms with Gasteiger partial charge in [-0.3, -0.25) is 23.5 Å². The Balaban J connectivity index is 1.52. The molecule has 37 heavy (non-hydrogen) atoms. The highest BCUT2D eigenvalue weighted by Gasteiger charge is 2.21. The number of benzene rings is 1. The Morgan fingerprint density at radius 3 is 2.51 bits per heavy atom. The van der Waals surface area contributed by atoms with Crippen LogP contribution in [0.3, 0.4) is 0 Å². The summed E-state index contributed by atoms with van der Waals surface area (Å²) in [6.07, 6.45) is 5.45. The van der Waals surface area contributed by atoms with Gasteiger partial charge in [-0.1, -0.05) is 39.8 Å². The first kappa shape index (κ1) is 24.1. The number of aromatic amines is 1. The maximum atomic E-state index is 13.4. The number of fused-ring (bicyclic) bond motifs is 2. The maximum absolute atomic E-state index is 13.4. The number of nitrogens with zero attached hydrogens (tertiary/aromatic N) is 5. The standard InChI is InChI=1S/C27H27N7O3/c1-15(2)13-34-23-22(25(36)32-27(34)37)19(12-20(30-23)16(3)4)24(35)29-18-8-6-17(7-9-18)21-14-33-11-5-10-28-26(33)31-21/h5-12,14-16H,13H2,1-4H3,(H,29,35)(H,32,36,37). The molecule has 0 aliphatic heterocycles. The van der Waals surface area contributed by atoms with Crippen LogP contribution in [0.15, 0.2) is 64.6 Å². The molecule has 5 rings (SSSR count). The van der Waals surface area contributed by atoms with Crippen molar-refractivity contribution >= 4 is 28.4 Å². The minimum atomic E-state index is -0.635. The lowest BCUT2D eigenvalue weighted by atomic mass is 10.0. The van der Waals surface area contributed by atoms with Gasteiger partial charge in [-0.05, 0) is 36.1 Å². The van der Waals surface area contributed by atoms with Gasteiger partial charge < -0.3 is 5.32 Å². The summed E-state index contributed by atoms with van der Waals surface area (Å²) in [6.45, 7) is 8.19. The third-order valence-electron chi connectivity index (χ3n) is 6.03. The number of aromatic nitrogens is 6. The summed E-state index contributed by atoms with van der Waals surface area (Å²) in [5.41, 5.74) is 2.02. The first-order valence-electron chi connectivity index (χ1n) is 12.1. The predicted molar refractivity (Wildman–Crippen MR) is 142 cm³/mol. The topological polar surface area (TPSA) is 127 Å². The summed E-state index contributed by atoms with van der Waals surface area (Å²) < 4.78 is 3.27. The second-order valence-electron chi connectivity index (χ2n) is 9.70. The predicted octanol–water partition coefficient (Wildman–Crippen LogP) is 3.83. The van der Waals surface area contributed by atoms with E-state index in [1.165, 1.54) is 4.57 Å². The summed E-state index contributed by atoms with van der Waals surface area (Å²) in [5, 5.41) is 2.97. The molecule has 0 saturated carbocycles. The van der Waals surface area contributed by atoms with Gasteiger partial charge in [0.15, 0.2) is 5.65 Å². The lowest BCUT2D eigenvalue weighted by Gasteiger charge is -2.16. The van der Waals surface area contributed by atoms with Gasteiger partial charge in [0.05, 0.1) is 16.6 Å². The molecule has 0 aliphatic carbocycles. The highest BCUT2D eigenvalue weighted by molar-refractivity contribution is 6.11. The van der Waals surface area contributed by atoms with E-state index in [9.17, 15) is 14.4 Å². The van der Waals surface area contributed by atoms with Crippen molar-refractivity contribution in [1.82, 2.24) is 28.9 Å². The minimum Gasteiger partial charge on any atom is -0.322 e. The molecule has 0 spiro atoms. The zero-order chi connectivity index (χ0) is 26.3.